The fourth-order valence-corrected chi connectivity index (χ4v) is 5.42. The second-order valence-electron chi connectivity index (χ2n) is 7.75. The van der Waals surface area contributed by atoms with Crippen molar-refractivity contribution in [3.8, 4) is 0 Å². The molecule has 0 saturated carbocycles. The number of amides is 1. The summed E-state index contributed by atoms with van der Waals surface area (Å²) < 4.78 is 27.7. The topological polar surface area (TPSA) is 66.5 Å². The minimum atomic E-state index is -3.65. The van der Waals surface area contributed by atoms with Gasteiger partial charge in [-0.05, 0) is 55.5 Å². The van der Waals surface area contributed by atoms with Crippen LogP contribution in [0, 0.1) is 0 Å². The van der Waals surface area contributed by atoms with Crippen molar-refractivity contribution in [2.45, 2.75) is 56.9 Å². The van der Waals surface area contributed by atoms with Crippen molar-refractivity contribution in [2.24, 2.45) is 0 Å². The molecule has 30 heavy (non-hydrogen) atoms. The van der Waals surface area contributed by atoms with Crippen LogP contribution >= 0.6 is 11.6 Å². The van der Waals surface area contributed by atoms with Gasteiger partial charge in [-0.3, -0.25) is 4.79 Å². The van der Waals surface area contributed by atoms with Gasteiger partial charge in [0.2, 0.25) is 10.0 Å². The molecule has 0 spiro atoms. The lowest BCUT2D eigenvalue weighted by atomic mass is 10.0. The smallest absolute Gasteiger partial charge is 0.253 e. The van der Waals surface area contributed by atoms with E-state index in [1.54, 1.807) is 0 Å². The lowest BCUT2D eigenvalue weighted by molar-refractivity contribution is 0.0940. The van der Waals surface area contributed by atoms with E-state index < -0.39 is 10.0 Å². The van der Waals surface area contributed by atoms with Gasteiger partial charge in [0.25, 0.3) is 5.91 Å². The third kappa shape index (κ3) is 5.23. The van der Waals surface area contributed by atoms with Gasteiger partial charge in [0.15, 0.2) is 0 Å². The molecule has 7 heteroatoms. The van der Waals surface area contributed by atoms with Gasteiger partial charge in [-0.25, -0.2) is 8.42 Å². The molecule has 1 fully saturated rings. The molecule has 1 amide bonds. The van der Waals surface area contributed by atoms with Crippen LogP contribution in [0.2, 0.25) is 5.02 Å². The predicted molar refractivity (Wildman–Crippen MR) is 120 cm³/mol. The van der Waals surface area contributed by atoms with Crippen LogP contribution in [0.3, 0.4) is 0 Å². The molecule has 162 valence electrons. The van der Waals surface area contributed by atoms with E-state index in [0.717, 1.165) is 37.7 Å². The highest BCUT2D eigenvalue weighted by atomic mass is 35.5. The van der Waals surface area contributed by atoms with Crippen molar-refractivity contribution in [1.29, 1.82) is 0 Å². The molecule has 1 atom stereocenters. The third-order valence-corrected chi connectivity index (χ3v) is 7.85. The first-order valence-electron chi connectivity index (χ1n) is 10.5. The van der Waals surface area contributed by atoms with Gasteiger partial charge >= 0.3 is 0 Å². The van der Waals surface area contributed by atoms with E-state index in [1.807, 2.05) is 31.2 Å². The number of hydrogen-bond acceptors (Lipinski definition) is 3. The molecule has 0 bridgehead atoms. The Bertz CT molecular complexity index is 982. The van der Waals surface area contributed by atoms with E-state index in [2.05, 4.69) is 12.2 Å². The maximum Gasteiger partial charge on any atom is 0.253 e. The number of carbonyl (C=O) groups excluding carboxylic acids is 1. The number of hydrogen-bond donors (Lipinski definition) is 1. The molecule has 1 saturated heterocycles. The van der Waals surface area contributed by atoms with Crippen molar-refractivity contribution < 1.29 is 13.2 Å². The Kier molecular flexibility index (Phi) is 7.55. The Balaban J connectivity index is 1.80. The molecule has 1 heterocycles. The average Bonchev–Trinajstić information content (AvgIpc) is 3.04. The van der Waals surface area contributed by atoms with Gasteiger partial charge < -0.3 is 5.32 Å². The number of rotatable bonds is 6. The van der Waals surface area contributed by atoms with Crippen LogP contribution in [0.1, 0.15) is 67.1 Å². The van der Waals surface area contributed by atoms with Crippen LogP contribution in [0.15, 0.2) is 47.4 Å². The summed E-state index contributed by atoms with van der Waals surface area (Å²) in [6.45, 7) is 5.01. The summed E-state index contributed by atoms with van der Waals surface area (Å²) >= 11 is 6.25. The second kappa shape index (κ2) is 9.94. The summed E-state index contributed by atoms with van der Waals surface area (Å²) in [5.41, 5.74) is 2.38. The maximum atomic E-state index is 13.1. The molecule has 0 radical (unpaired) electrons. The van der Waals surface area contributed by atoms with Crippen molar-refractivity contribution in [3.05, 3.63) is 64.2 Å². The van der Waals surface area contributed by atoms with E-state index in [0.29, 0.717) is 13.1 Å². The first-order valence-corrected chi connectivity index (χ1v) is 12.3. The summed E-state index contributed by atoms with van der Waals surface area (Å²) in [7, 11) is -3.65. The Morgan fingerprint density at radius 1 is 1.07 bits per heavy atom. The van der Waals surface area contributed by atoms with E-state index in [9.17, 15) is 13.2 Å². The predicted octanol–water partition coefficient (Wildman–Crippen LogP) is 4.96. The van der Waals surface area contributed by atoms with Crippen LogP contribution in [0.4, 0.5) is 0 Å². The van der Waals surface area contributed by atoms with Crippen molar-refractivity contribution in [3.63, 3.8) is 0 Å². The maximum absolute atomic E-state index is 13.1. The Morgan fingerprint density at radius 2 is 1.70 bits per heavy atom. The SMILES string of the molecule is CCc1ccc([C@@H](C)NC(=O)c2cc(S(=O)(=O)N3CCCCCC3)ccc2Cl)cc1. The molecule has 3 rings (SSSR count). The van der Waals surface area contributed by atoms with Crippen LogP contribution in [-0.4, -0.2) is 31.7 Å². The Labute approximate surface area is 184 Å². The lowest BCUT2D eigenvalue weighted by Gasteiger charge is -2.21. The van der Waals surface area contributed by atoms with Crippen molar-refractivity contribution >= 4 is 27.5 Å². The first-order chi connectivity index (χ1) is 14.3. The third-order valence-electron chi connectivity index (χ3n) is 5.62. The van der Waals surface area contributed by atoms with Crippen molar-refractivity contribution in [2.75, 3.05) is 13.1 Å². The van der Waals surface area contributed by atoms with Crippen LogP contribution < -0.4 is 5.32 Å². The molecule has 1 aliphatic heterocycles. The molecule has 2 aromatic carbocycles. The van der Waals surface area contributed by atoms with E-state index in [4.69, 9.17) is 11.6 Å². The molecular formula is C23H29ClN2O3S. The average molecular weight is 449 g/mol. The number of benzene rings is 2. The summed E-state index contributed by atoms with van der Waals surface area (Å²) in [6, 6.07) is 12.2. The lowest BCUT2D eigenvalue weighted by Crippen LogP contribution is -2.32. The monoisotopic (exact) mass is 448 g/mol. The van der Waals surface area contributed by atoms with E-state index in [-0.39, 0.29) is 27.4 Å². The highest BCUT2D eigenvalue weighted by molar-refractivity contribution is 7.89. The molecular weight excluding hydrogens is 420 g/mol. The minimum Gasteiger partial charge on any atom is -0.345 e. The zero-order valence-electron chi connectivity index (χ0n) is 17.5. The second-order valence-corrected chi connectivity index (χ2v) is 10.1. The number of nitrogens with one attached hydrogen (secondary N) is 1. The highest BCUT2D eigenvalue weighted by Crippen LogP contribution is 2.25. The number of carbonyl (C=O) groups is 1. The van der Waals surface area contributed by atoms with E-state index >= 15 is 0 Å². The van der Waals surface area contributed by atoms with Crippen LogP contribution in [0.25, 0.3) is 0 Å². The molecule has 0 aliphatic carbocycles. The molecule has 1 aliphatic rings. The van der Waals surface area contributed by atoms with Crippen LogP contribution in [-0.2, 0) is 16.4 Å². The quantitative estimate of drug-likeness (QED) is 0.679. The molecule has 5 nitrogen and oxygen atoms in total. The summed E-state index contributed by atoms with van der Waals surface area (Å²) in [5, 5.41) is 3.16. The van der Waals surface area contributed by atoms with Crippen LogP contribution in [0.5, 0.6) is 0 Å². The van der Waals surface area contributed by atoms with Gasteiger partial charge in [0.1, 0.15) is 0 Å². The fourth-order valence-electron chi connectivity index (χ4n) is 3.67. The summed E-state index contributed by atoms with van der Waals surface area (Å²) in [6.07, 6.45) is 4.74. The number of sulfonamides is 1. The van der Waals surface area contributed by atoms with Gasteiger partial charge in [-0.15, -0.1) is 0 Å². The van der Waals surface area contributed by atoms with Gasteiger partial charge in [0, 0.05) is 13.1 Å². The van der Waals surface area contributed by atoms with Crippen molar-refractivity contribution in [1.82, 2.24) is 9.62 Å². The molecule has 2 aromatic rings. The Hall–Kier alpha value is -1.89. The number of halogens is 1. The summed E-state index contributed by atoms with van der Waals surface area (Å²) in [4.78, 5) is 13.0. The highest BCUT2D eigenvalue weighted by Gasteiger charge is 2.27. The van der Waals surface area contributed by atoms with E-state index in [1.165, 1.54) is 28.1 Å². The Morgan fingerprint density at radius 3 is 2.30 bits per heavy atom. The number of aryl methyl sites for hydroxylation is 1. The van der Waals surface area contributed by atoms with Gasteiger partial charge in [0.05, 0.1) is 21.5 Å². The minimum absolute atomic E-state index is 0.110. The number of nitrogens with zero attached hydrogens (tertiary/aromatic N) is 1. The standard InChI is InChI=1S/C23H29ClN2O3S/c1-3-18-8-10-19(11-9-18)17(2)25-23(27)21-16-20(12-13-22(21)24)30(28,29)26-14-6-4-5-7-15-26/h8-13,16-17H,3-7,14-15H2,1-2H3,(H,25,27)/t17-/m1/s1. The molecule has 0 aromatic heterocycles. The van der Waals surface area contributed by atoms with Gasteiger partial charge in [-0.2, -0.15) is 4.31 Å². The molecule has 0 unspecified atom stereocenters. The zero-order chi connectivity index (χ0) is 21.7. The normalized spacial score (nSPS) is 16.6. The largest absolute Gasteiger partial charge is 0.345 e. The first kappa shape index (κ1) is 22.8. The summed E-state index contributed by atoms with van der Waals surface area (Å²) in [5.74, 6) is -0.389. The molecule has 1 N–H and O–H groups in total. The fraction of sp³-hybridized carbons (Fsp3) is 0.435. The zero-order valence-corrected chi connectivity index (χ0v) is 19.1. The van der Waals surface area contributed by atoms with Gasteiger partial charge in [-0.1, -0.05) is 55.6 Å².